The highest BCUT2D eigenvalue weighted by atomic mass is 32.2. The van der Waals surface area contributed by atoms with Gasteiger partial charge < -0.3 is 10.1 Å². The number of ether oxygens (including phenoxy) is 1. The fraction of sp³-hybridized carbons (Fsp3) is 0.619. The Morgan fingerprint density at radius 2 is 2.20 bits per heavy atom. The lowest BCUT2D eigenvalue weighted by Crippen LogP contribution is -2.47. The number of methoxy groups -OCH3 is 1. The van der Waals surface area contributed by atoms with E-state index in [2.05, 4.69) is 11.4 Å². The van der Waals surface area contributed by atoms with Crippen LogP contribution in [0.4, 0.5) is 0 Å². The van der Waals surface area contributed by atoms with Crippen molar-refractivity contribution in [3.05, 3.63) is 20.8 Å². The first-order chi connectivity index (χ1) is 14.5. The maximum atomic E-state index is 13.3. The second-order valence-electron chi connectivity index (χ2n) is 8.16. The second kappa shape index (κ2) is 8.69. The van der Waals surface area contributed by atoms with E-state index in [9.17, 15) is 14.9 Å². The molecule has 1 saturated carbocycles. The lowest BCUT2D eigenvalue weighted by molar-refractivity contribution is -0.119. The fourth-order valence-electron chi connectivity index (χ4n) is 4.05. The number of hydrogen-bond acceptors (Lipinski definition) is 7. The van der Waals surface area contributed by atoms with E-state index in [1.807, 2.05) is 0 Å². The molecule has 0 spiro atoms. The van der Waals surface area contributed by atoms with Crippen LogP contribution in [0.2, 0.25) is 0 Å². The standard InChI is InChI=1S/C21H26N4O3S2/c1-21(12-22,13-7-8-13)24-16(26)11-29-20-23-18-17(19(27)25(20)9-10-28-2)14-5-3-4-6-15(14)30-18/h13H,3-11H2,1-2H3,(H,24,26). The molecule has 1 N–H and O–H groups in total. The van der Waals surface area contributed by atoms with Gasteiger partial charge in [-0.05, 0) is 56.9 Å². The van der Waals surface area contributed by atoms with Crippen molar-refractivity contribution in [2.75, 3.05) is 19.5 Å². The summed E-state index contributed by atoms with van der Waals surface area (Å²) in [7, 11) is 1.60. The van der Waals surface area contributed by atoms with Gasteiger partial charge in [-0.15, -0.1) is 11.3 Å². The van der Waals surface area contributed by atoms with Gasteiger partial charge in [-0.1, -0.05) is 11.8 Å². The van der Waals surface area contributed by atoms with Crippen LogP contribution >= 0.6 is 23.1 Å². The van der Waals surface area contributed by atoms with Crippen LogP contribution in [-0.4, -0.2) is 40.5 Å². The summed E-state index contributed by atoms with van der Waals surface area (Å²) in [5.74, 6) is 0.123. The highest BCUT2D eigenvalue weighted by molar-refractivity contribution is 7.99. The third kappa shape index (κ3) is 4.13. The molecule has 4 rings (SSSR count). The van der Waals surface area contributed by atoms with Crippen molar-refractivity contribution in [3.8, 4) is 6.07 Å². The molecule has 0 aliphatic heterocycles. The van der Waals surface area contributed by atoms with Gasteiger partial charge in [0, 0.05) is 12.0 Å². The van der Waals surface area contributed by atoms with Crippen LogP contribution in [0.25, 0.3) is 10.2 Å². The van der Waals surface area contributed by atoms with E-state index in [4.69, 9.17) is 9.72 Å². The second-order valence-corrected chi connectivity index (χ2v) is 10.2. The molecule has 9 heteroatoms. The van der Waals surface area contributed by atoms with Gasteiger partial charge >= 0.3 is 0 Å². The minimum Gasteiger partial charge on any atom is -0.383 e. The van der Waals surface area contributed by atoms with E-state index in [-0.39, 0.29) is 23.1 Å². The summed E-state index contributed by atoms with van der Waals surface area (Å²) >= 11 is 2.85. The van der Waals surface area contributed by atoms with Gasteiger partial charge in [-0.3, -0.25) is 14.2 Å². The van der Waals surface area contributed by atoms with E-state index in [1.54, 1.807) is 29.9 Å². The third-order valence-corrected chi connectivity index (χ3v) is 8.08. The van der Waals surface area contributed by atoms with Crippen molar-refractivity contribution in [1.82, 2.24) is 14.9 Å². The van der Waals surface area contributed by atoms with Crippen LogP contribution in [0.3, 0.4) is 0 Å². The van der Waals surface area contributed by atoms with Gasteiger partial charge in [-0.2, -0.15) is 5.26 Å². The van der Waals surface area contributed by atoms with E-state index < -0.39 is 5.54 Å². The van der Waals surface area contributed by atoms with E-state index in [0.717, 1.165) is 54.3 Å². The largest absolute Gasteiger partial charge is 0.383 e. The molecule has 2 aromatic rings. The SMILES string of the molecule is COCCn1c(SCC(=O)NC(C)(C#N)C2CC2)nc2sc3c(c2c1=O)CCCC3. The van der Waals surface area contributed by atoms with E-state index >= 15 is 0 Å². The number of aromatic nitrogens is 2. The predicted molar refractivity (Wildman–Crippen MR) is 118 cm³/mol. The molecular weight excluding hydrogens is 420 g/mol. The summed E-state index contributed by atoms with van der Waals surface area (Å²) in [6, 6.07) is 2.24. The zero-order valence-corrected chi connectivity index (χ0v) is 19.0. The first-order valence-corrected chi connectivity index (χ1v) is 12.2. The molecule has 0 aromatic carbocycles. The van der Waals surface area contributed by atoms with Crippen molar-refractivity contribution in [3.63, 3.8) is 0 Å². The minimum atomic E-state index is -0.822. The van der Waals surface area contributed by atoms with Gasteiger partial charge in [0.05, 0.1) is 30.4 Å². The molecule has 2 aromatic heterocycles. The number of fused-ring (bicyclic) bond motifs is 3. The van der Waals surface area contributed by atoms with Gasteiger partial charge in [0.2, 0.25) is 5.91 Å². The van der Waals surface area contributed by atoms with Crippen molar-refractivity contribution < 1.29 is 9.53 Å². The molecule has 0 bridgehead atoms. The maximum Gasteiger partial charge on any atom is 0.263 e. The van der Waals surface area contributed by atoms with Crippen molar-refractivity contribution >= 4 is 39.2 Å². The first kappa shape index (κ1) is 21.3. The molecule has 30 heavy (non-hydrogen) atoms. The molecule has 2 heterocycles. The molecule has 1 fully saturated rings. The van der Waals surface area contributed by atoms with Crippen LogP contribution in [-0.2, 0) is 28.9 Å². The number of amides is 1. The van der Waals surface area contributed by atoms with Crippen LogP contribution < -0.4 is 10.9 Å². The average molecular weight is 447 g/mol. The molecule has 160 valence electrons. The van der Waals surface area contributed by atoms with Crippen molar-refractivity contribution in [2.45, 2.75) is 62.7 Å². The number of hydrogen-bond donors (Lipinski definition) is 1. The summed E-state index contributed by atoms with van der Waals surface area (Å²) in [5, 5.41) is 13.6. The number of carbonyl (C=O) groups is 1. The summed E-state index contributed by atoms with van der Waals surface area (Å²) in [4.78, 5) is 32.7. The maximum absolute atomic E-state index is 13.3. The lowest BCUT2D eigenvalue weighted by Gasteiger charge is -2.22. The molecule has 1 unspecified atom stereocenters. The normalized spacial score (nSPS) is 17.9. The Labute approximate surface area is 183 Å². The molecule has 2 aliphatic rings. The minimum absolute atomic E-state index is 0.0424. The Balaban J connectivity index is 1.60. The average Bonchev–Trinajstić information content (AvgIpc) is 3.53. The highest BCUT2D eigenvalue weighted by Gasteiger charge is 2.43. The fourth-order valence-corrected chi connectivity index (χ4v) is 6.18. The van der Waals surface area contributed by atoms with Crippen LogP contribution in [0, 0.1) is 17.2 Å². The van der Waals surface area contributed by atoms with Crippen molar-refractivity contribution in [2.24, 2.45) is 5.92 Å². The van der Waals surface area contributed by atoms with Gasteiger partial charge in [0.1, 0.15) is 10.4 Å². The Hall–Kier alpha value is -1.89. The number of nitrogens with one attached hydrogen (secondary N) is 1. The van der Waals surface area contributed by atoms with Gasteiger partial charge in [0.15, 0.2) is 5.16 Å². The summed E-state index contributed by atoms with van der Waals surface area (Å²) < 4.78 is 6.83. The Kier molecular flexibility index (Phi) is 6.19. The van der Waals surface area contributed by atoms with E-state index in [0.29, 0.717) is 18.3 Å². The molecule has 7 nitrogen and oxygen atoms in total. The van der Waals surface area contributed by atoms with E-state index in [1.165, 1.54) is 16.6 Å². The smallest absolute Gasteiger partial charge is 0.263 e. The molecule has 0 radical (unpaired) electrons. The number of nitriles is 1. The zero-order valence-electron chi connectivity index (χ0n) is 17.3. The zero-order chi connectivity index (χ0) is 21.3. The number of carbonyl (C=O) groups excluding carboxylic acids is 1. The van der Waals surface area contributed by atoms with Crippen LogP contribution in [0.5, 0.6) is 0 Å². The number of aryl methyl sites for hydroxylation is 2. The quantitative estimate of drug-likeness (QED) is 0.495. The number of rotatable bonds is 8. The summed E-state index contributed by atoms with van der Waals surface area (Å²) in [6.07, 6.45) is 6.13. The number of thiophene rings is 1. The molecule has 1 amide bonds. The Morgan fingerprint density at radius 1 is 1.43 bits per heavy atom. The summed E-state index contributed by atoms with van der Waals surface area (Å²) in [5.41, 5.74) is 0.296. The van der Waals surface area contributed by atoms with Gasteiger partial charge in [0.25, 0.3) is 5.56 Å². The number of thioether (sulfide) groups is 1. The van der Waals surface area contributed by atoms with Crippen molar-refractivity contribution in [1.29, 1.82) is 5.26 Å². The van der Waals surface area contributed by atoms with Gasteiger partial charge in [-0.25, -0.2) is 4.98 Å². The lowest BCUT2D eigenvalue weighted by atomic mass is 9.97. The molecular formula is C21H26N4O3S2. The monoisotopic (exact) mass is 446 g/mol. The molecule has 1 atom stereocenters. The Bertz CT molecular complexity index is 1070. The van der Waals surface area contributed by atoms with Crippen LogP contribution in [0.15, 0.2) is 9.95 Å². The molecule has 2 aliphatic carbocycles. The third-order valence-electron chi connectivity index (χ3n) is 5.92. The molecule has 0 saturated heterocycles. The topological polar surface area (TPSA) is 97.0 Å². The summed E-state index contributed by atoms with van der Waals surface area (Å²) in [6.45, 7) is 2.57. The predicted octanol–water partition coefficient (Wildman–Crippen LogP) is 2.88. The Morgan fingerprint density at radius 3 is 2.90 bits per heavy atom. The highest BCUT2D eigenvalue weighted by Crippen LogP contribution is 2.39. The van der Waals surface area contributed by atoms with Crippen LogP contribution in [0.1, 0.15) is 43.0 Å². The first-order valence-electron chi connectivity index (χ1n) is 10.4. The number of nitrogens with zero attached hydrogens (tertiary/aromatic N) is 3.